The Bertz CT molecular complexity index is 267. The fourth-order valence-corrected chi connectivity index (χ4v) is 4.17. The highest BCUT2D eigenvalue weighted by Gasteiger charge is 2.34. The van der Waals surface area contributed by atoms with E-state index in [9.17, 15) is 0 Å². The van der Waals surface area contributed by atoms with Gasteiger partial charge in [0, 0.05) is 0 Å². The molecule has 0 spiro atoms. The van der Waals surface area contributed by atoms with Crippen molar-refractivity contribution in [2.24, 2.45) is 35.5 Å². The van der Waals surface area contributed by atoms with Gasteiger partial charge in [0.2, 0.25) is 0 Å². The average Bonchev–Trinajstić information content (AvgIpc) is 3.25. The van der Waals surface area contributed by atoms with Gasteiger partial charge in [-0.15, -0.1) is 0 Å². The average molecular weight is 309 g/mol. The van der Waals surface area contributed by atoms with Crippen LogP contribution in [0.3, 0.4) is 0 Å². The Morgan fingerprint density at radius 3 is 2.05 bits per heavy atom. The van der Waals surface area contributed by atoms with Crippen LogP contribution in [-0.4, -0.2) is 0 Å². The molecule has 1 aliphatic carbocycles. The molecule has 0 aromatic rings. The van der Waals surface area contributed by atoms with Gasteiger partial charge in [-0.2, -0.15) is 0 Å². The first kappa shape index (κ1) is 20.0. The fraction of sp³-hybridized carbons (Fsp3) is 1.00. The Morgan fingerprint density at radius 1 is 0.773 bits per heavy atom. The summed E-state index contributed by atoms with van der Waals surface area (Å²) in [7, 11) is 0. The monoisotopic (exact) mass is 308 g/mol. The van der Waals surface area contributed by atoms with Gasteiger partial charge in [-0.1, -0.05) is 92.9 Å². The summed E-state index contributed by atoms with van der Waals surface area (Å²) < 4.78 is 0. The van der Waals surface area contributed by atoms with Gasteiger partial charge < -0.3 is 0 Å². The van der Waals surface area contributed by atoms with Crippen molar-refractivity contribution in [1.29, 1.82) is 0 Å². The van der Waals surface area contributed by atoms with Gasteiger partial charge in [0.05, 0.1) is 0 Å². The van der Waals surface area contributed by atoms with Crippen molar-refractivity contribution in [2.45, 2.75) is 106 Å². The maximum absolute atomic E-state index is 2.53. The molecule has 0 radical (unpaired) electrons. The number of hydrogen-bond donors (Lipinski definition) is 0. The van der Waals surface area contributed by atoms with Crippen molar-refractivity contribution in [2.75, 3.05) is 0 Å². The van der Waals surface area contributed by atoms with E-state index in [1.54, 1.807) is 0 Å². The van der Waals surface area contributed by atoms with Crippen LogP contribution < -0.4 is 0 Å². The molecule has 132 valence electrons. The van der Waals surface area contributed by atoms with Crippen molar-refractivity contribution in [1.82, 2.24) is 0 Å². The summed E-state index contributed by atoms with van der Waals surface area (Å²) in [6.45, 7) is 14.5. The first-order chi connectivity index (χ1) is 10.5. The summed E-state index contributed by atoms with van der Waals surface area (Å²) in [5, 5.41) is 0. The maximum atomic E-state index is 2.53. The van der Waals surface area contributed by atoms with Crippen LogP contribution in [0.4, 0.5) is 0 Å². The molecule has 0 bridgehead atoms. The second-order valence-corrected chi connectivity index (χ2v) is 8.77. The van der Waals surface area contributed by atoms with E-state index in [4.69, 9.17) is 0 Å². The van der Waals surface area contributed by atoms with E-state index < -0.39 is 0 Å². The van der Waals surface area contributed by atoms with Crippen LogP contribution in [0.25, 0.3) is 0 Å². The molecular formula is C22H44. The Labute approximate surface area is 141 Å². The van der Waals surface area contributed by atoms with E-state index >= 15 is 0 Å². The molecule has 0 aliphatic heterocycles. The molecule has 0 aromatic heterocycles. The van der Waals surface area contributed by atoms with Crippen molar-refractivity contribution in [3.8, 4) is 0 Å². The maximum Gasteiger partial charge on any atom is -0.0383 e. The SMILES string of the molecule is CCCC(CCC(C)C(C)C)C(C)CCCCC1CC1CC. The standard InChI is InChI=1S/C22H44/c1-7-11-21(15-14-18(5)17(3)4)19(6)12-9-10-13-22-16-20(22)8-2/h17-22H,7-16H2,1-6H3. The molecule has 0 nitrogen and oxygen atoms in total. The first-order valence-electron chi connectivity index (χ1n) is 10.5. The Hall–Kier alpha value is 0. The predicted octanol–water partition coefficient (Wildman–Crippen LogP) is 7.72. The summed E-state index contributed by atoms with van der Waals surface area (Å²) in [5.41, 5.74) is 0. The van der Waals surface area contributed by atoms with E-state index in [0.717, 1.165) is 35.5 Å². The molecule has 0 aromatic carbocycles. The van der Waals surface area contributed by atoms with Crippen LogP contribution in [0, 0.1) is 35.5 Å². The lowest BCUT2D eigenvalue weighted by atomic mass is 9.80. The molecule has 0 heterocycles. The summed E-state index contributed by atoms with van der Waals surface area (Å²) >= 11 is 0. The van der Waals surface area contributed by atoms with Crippen LogP contribution in [0.5, 0.6) is 0 Å². The van der Waals surface area contributed by atoms with Crippen LogP contribution in [0.15, 0.2) is 0 Å². The largest absolute Gasteiger partial charge is 0.0654 e. The van der Waals surface area contributed by atoms with E-state index in [2.05, 4.69) is 41.5 Å². The molecular weight excluding hydrogens is 264 g/mol. The van der Waals surface area contributed by atoms with Crippen LogP contribution in [-0.2, 0) is 0 Å². The minimum absolute atomic E-state index is 0.850. The lowest BCUT2D eigenvalue weighted by Crippen LogP contribution is -2.15. The molecule has 0 heteroatoms. The van der Waals surface area contributed by atoms with Crippen molar-refractivity contribution in [3.63, 3.8) is 0 Å². The van der Waals surface area contributed by atoms with E-state index in [-0.39, 0.29) is 0 Å². The fourth-order valence-electron chi connectivity index (χ4n) is 4.17. The number of unbranched alkanes of at least 4 members (excludes halogenated alkanes) is 1. The summed E-state index contributed by atoms with van der Waals surface area (Å²) in [6, 6.07) is 0. The zero-order chi connectivity index (χ0) is 16.5. The molecule has 1 fully saturated rings. The third-order valence-electron chi connectivity index (χ3n) is 6.67. The Morgan fingerprint density at radius 2 is 1.50 bits per heavy atom. The predicted molar refractivity (Wildman–Crippen MR) is 101 cm³/mol. The van der Waals surface area contributed by atoms with Gasteiger partial charge in [0.25, 0.3) is 0 Å². The van der Waals surface area contributed by atoms with Gasteiger partial charge in [0.1, 0.15) is 0 Å². The van der Waals surface area contributed by atoms with Gasteiger partial charge >= 0.3 is 0 Å². The molecule has 1 aliphatic rings. The molecule has 1 rings (SSSR count). The van der Waals surface area contributed by atoms with Gasteiger partial charge in [-0.05, 0) is 48.3 Å². The zero-order valence-electron chi connectivity index (χ0n) is 16.5. The Kier molecular flexibility index (Phi) is 9.76. The molecule has 0 N–H and O–H groups in total. The molecule has 5 unspecified atom stereocenters. The number of rotatable bonds is 13. The number of hydrogen-bond acceptors (Lipinski definition) is 0. The minimum atomic E-state index is 0.850. The Balaban J connectivity index is 2.18. The van der Waals surface area contributed by atoms with E-state index in [1.807, 2.05) is 0 Å². The summed E-state index contributed by atoms with van der Waals surface area (Å²) in [4.78, 5) is 0. The highest BCUT2D eigenvalue weighted by molar-refractivity contribution is 4.84. The van der Waals surface area contributed by atoms with Crippen LogP contribution >= 0.6 is 0 Å². The quantitative estimate of drug-likeness (QED) is 0.305. The van der Waals surface area contributed by atoms with Crippen LogP contribution in [0.1, 0.15) is 106 Å². The topological polar surface area (TPSA) is 0 Å². The van der Waals surface area contributed by atoms with Crippen LogP contribution in [0.2, 0.25) is 0 Å². The summed E-state index contributed by atoms with van der Waals surface area (Å²) in [5.74, 6) is 5.88. The normalized spacial score (nSPS) is 25.2. The van der Waals surface area contributed by atoms with Crippen molar-refractivity contribution < 1.29 is 0 Å². The second kappa shape index (κ2) is 10.7. The third kappa shape index (κ3) is 7.51. The smallest absolute Gasteiger partial charge is 0.0383 e. The minimum Gasteiger partial charge on any atom is -0.0654 e. The highest BCUT2D eigenvalue weighted by Crippen LogP contribution is 2.44. The van der Waals surface area contributed by atoms with Gasteiger partial charge in [0.15, 0.2) is 0 Å². The molecule has 5 atom stereocenters. The van der Waals surface area contributed by atoms with E-state index in [1.165, 1.54) is 64.2 Å². The molecule has 0 saturated heterocycles. The highest BCUT2D eigenvalue weighted by atomic mass is 14.4. The molecule has 22 heavy (non-hydrogen) atoms. The van der Waals surface area contributed by atoms with Gasteiger partial charge in [-0.25, -0.2) is 0 Å². The third-order valence-corrected chi connectivity index (χ3v) is 6.67. The second-order valence-electron chi connectivity index (χ2n) is 8.77. The lowest BCUT2D eigenvalue weighted by molar-refractivity contribution is 0.254. The molecule has 0 amide bonds. The lowest BCUT2D eigenvalue weighted by Gasteiger charge is -2.26. The van der Waals surface area contributed by atoms with E-state index in [0.29, 0.717) is 0 Å². The molecule has 1 saturated carbocycles. The van der Waals surface area contributed by atoms with Crippen molar-refractivity contribution >= 4 is 0 Å². The van der Waals surface area contributed by atoms with Crippen molar-refractivity contribution in [3.05, 3.63) is 0 Å². The summed E-state index contributed by atoms with van der Waals surface area (Å²) in [6.07, 6.45) is 14.7. The van der Waals surface area contributed by atoms with Gasteiger partial charge in [-0.3, -0.25) is 0 Å². The first-order valence-corrected chi connectivity index (χ1v) is 10.5. The zero-order valence-corrected chi connectivity index (χ0v) is 16.5.